The molecule has 0 radical (unpaired) electrons. The van der Waals surface area contributed by atoms with Gasteiger partial charge in [-0.3, -0.25) is 4.79 Å². The van der Waals surface area contributed by atoms with Crippen LogP contribution in [0, 0.1) is 16.2 Å². The van der Waals surface area contributed by atoms with Gasteiger partial charge < -0.3 is 82.9 Å². The van der Waals surface area contributed by atoms with E-state index in [0.717, 1.165) is 65.1 Å². The van der Waals surface area contributed by atoms with Gasteiger partial charge in [-0.1, -0.05) is 0 Å². The Balaban J connectivity index is 0.000000437. The van der Waals surface area contributed by atoms with E-state index in [-0.39, 0.29) is 82.2 Å². The first kappa shape index (κ1) is 95.7. The first-order valence-electron chi connectivity index (χ1n) is 37.8. The summed E-state index contributed by atoms with van der Waals surface area (Å²) in [7, 11) is 6.27. The molecule has 9 aliphatic rings. The zero-order valence-electron chi connectivity index (χ0n) is 66.8. The SMILES string of the molecule is CC(C)(C)OC(=O)N1CCC2(CC(=O)C2)C1.CC(C)O.CC(C)O.CC(C)O.CC(C)O.CCOC(=O)Cl.CCOC(=O)N1CCC2(CC(N3CCC(c4nccn4C)CC3)C2)C1.Cl.Cn1ccnc1C1CCN(C2CC3(CCN(C(=O)OC(C)(C)C)C3)C2)CC1.Cn1ccnc1C1CCNCC1.[Ti]. The van der Waals surface area contributed by atoms with Crippen LogP contribution in [0.5, 0.6) is 0 Å². The molecule has 25 nitrogen and oxygen atoms in total. The van der Waals surface area contributed by atoms with Crippen LogP contribution in [0.1, 0.15) is 242 Å². The van der Waals surface area contributed by atoms with Gasteiger partial charge in [-0.2, -0.15) is 0 Å². The molecule has 3 saturated carbocycles. The number of nitrogens with zero attached hydrogens (tertiary/aromatic N) is 11. The Bertz CT molecular complexity index is 2890. The number of aryl methyl sites for hydroxylation is 3. The largest absolute Gasteiger partial charge is 0.454 e. The number of hydrogen-bond acceptors (Lipinski definition) is 19. The summed E-state index contributed by atoms with van der Waals surface area (Å²) in [5.74, 6) is 5.93. The summed E-state index contributed by atoms with van der Waals surface area (Å²) in [5.41, 5.74) is -0.785. The molecule has 3 aromatic rings. The molecule has 0 bridgehead atoms. The Morgan fingerprint density at radius 1 is 0.510 bits per heavy atom. The summed E-state index contributed by atoms with van der Waals surface area (Å²) in [6.45, 7) is 41.4. The second-order valence-electron chi connectivity index (χ2n) is 32.6. The first-order valence-corrected chi connectivity index (χ1v) is 38.1. The van der Waals surface area contributed by atoms with Crippen LogP contribution in [0.2, 0.25) is 0 Å². The van der Waals surface area contributed by atoms with E-state index in [1.807, 2.05) is 95.4 Å². The molecule has 6 saturated heterocycles. The molecule has 9 heterocycles. The number of imidazole rings is 3. The number of ether oxygens (including phenoxy) is 4. The van der Waals surface area contributed by atoms with Crippen molar-refractivity contribution >= 4 is 53.5 Å². The number of aromatic nitrogens is 6. The maximum atomic E-state index is 12.3. The summed E-state index contributed by atoms with van der Waals surface area (Å²) in [4.78, 5) is 81.0. The van der Waals surface area contributed by atoms with Crippen molar-refractivity contribution < 1.29 is 85.1 Å². The number of ketones is 1. The zero-order chi connectivity index (χ0) is 76.3. The van der Waals surface area contributed by atoms with E-state index in [1.165, 1.54) is 108 Å². The smallest absolute Gasteiger partial charge is 0.410 e. The van der Waals surface area contributed by atoms with E-state index in [4.69, 9.17) is 46.2 Å². The standard InChI is InChI=1S/C21H34N4O2.C19H30N4O2.C12H19NO3.C9H15N3.C3H5ClO2.4C3H8O.ClH.Ti/c1-20(2,3)27-19(26)25-11-7-21(15-25)13-17(14-21)24-9-5-16(6-10-24)18-22-8-12-23(18)4;1-3-25-18(24)23-10-6-19(14-23)12-16(13-19)22-8-4-15(5-9-22)17-20-7-11-21(17)2;1-11(2,3)16-10(15)13-5-4-12(8-13)6-9(14)7-12;1-12-7-6-11-9(12)8-2-4-10-5-3-8;1-2-6-3(4)5;4*1-3(2)4;;/h8,12,16-17H,5-7,9-11,13-15H2,1-4H3;7,11,15-16H,3-6,8-10,12-14H2,1-2H3;4-8H2,1-3H3;6-8,10H,2-5H2,1H3;2H2,1H3;4*3-4H,1-2H3;1H;. The number of likely N-dealkylation sites (tertiary alicyclic amines) is 5. The van der Waals surface area contributed by atoms with Crippen molar-refractivity contribution in [1.82, 2.24) is 58.5 Å². The van der Waals surface area contributed by atoms with Gasteiger partial charge in [0, 0.05) is 203 Å². The van der Waals surface area contributed by atoms with Crippen LogP contribution in [0.25, 0.3) is 0 Å². The number of piperidine rings is 3. The molecule has 0 aromatic carbocycles. The number of carbonyl (C=O) groups is 5. The number of halogens is 2. The third-order valence-electron chi connectivity index (χ3n) is 19.3. The average Bonchev–Trinajstić information content (AvgIpc) is 1.55. The Hall–Kier alpha value is -4.41. The molecule has 12 rings (SSSR count). The van der Waals surface area contributed by atoms with Gasteiger partial charge >= 0.3 is 23.7 Å². The summed E-state index contributed by atoms with van der Waals surface area (Å²) in [6.07, 6.45) is 27.4. The number of amides is 3. The molecule has 5 N–H and O–H groups in total. The monoisotopic (exact) mass is 1540 g/mol. The molecule has 28 heteroatoms. The average molecular weight is 1540 g/mol. The number of rotatable bonds is 7. The van der Waals surface area contributed by atoms with E-state index in [1.54, 1.807) is 67.2 Å². The van der Waals surface area contributed by atoms with Gasteiger partial charge in [0.2, 0.25) is 0 Å². The van der Waals surface area contributed by atoms with Crippen molar-refractivity contribution in [2.24, 2.45) is 37.4 Å². The summed E-state index contributed by atoms with van der Waals surface area (Å²) >= 11 is 4.72. The van der Waals surface area contributed by atoms with E-state index < -0.39 is 16.6 Å². The molecule has 3 aliphatic carbocycles. The van der Waals surface area contributed by atoms with Crippen LogP contribution in [0.15, 0.2) is 37.2 Å². The predicted octanol–water partition coefficient (Wildman–Crippen LogP) is 12.2. The Morgan fingerprint density at radius 2 is 0.798 bits per heavy atom. The van der Waals surface area contributed by atoms with Gasteiger partial charge in [0.1, 0.15) is 34.5 Å². The fraction of sp³-hybridized carbons (Fsp3) is 0.816. The molecular weight excluding hydrogens is 1410 g/mol. The number of carbonyl (C=O) groups excluding carboxylic acids is 5. The van der Waals surface area contributed by atoms with Gasteiger partial charge in [-0.15, -0.1) is 12.4 Å². The second kappa shape index (κ2) is 45.5. The van der Waals surface area contributed by atoms with Crippen LogP contribution in [-0.4, -0.2) is 243 Å². The summed E-state index contributed by atoms with van der Waals surface area (Å²) in [6, 6.07) is 1.41. The van der Waals surface area contributed by atoms with E-state index in [2.05, 4.69) is 69.6 Å². The fourth-order valence-corrected chi connectivity index (χ4v) is 14.9. The minimum atomic E-state index is -0.738. The van der Waals surface area contributed by atoms with Crippen molar-refractivity contribution in [3.05, 3.63) is 54.7 Å². The van der Waals surface area contributed by atoms with E-state index >= 15 is 0 Å². The van der Waals surface area contributed by atoms with Crippen molar-refractivity contribution in [2.45, 2.75) is 273 Å². The number of Topliss-reactive ketones (excluding diaryl/α,β-unsaturated/α-hetero) is 1. The molecule has 0 atom stereocenters. The minimum absolute atomic E-state index is 0. The van der Waals surface area contributed by atoms with Gasteiger partial charge in [-0.25, -0.2) is 34.1 Å². The van der Waals surface area contributed by atoms with Gasteiger partial charge in [0.05, 0.1) is 13.2 Å². The second-order valence-corrected chi connectivity index (χ2v) is 32.9. The minimum Gasteiger partial charge on any atom is -0.454 e. The molecule has 3 amide bonds. The molecule has 3 aromatic heterocycles. The topological polar surface area (TPSA) is 285 Å². The Labute approximate surface area is 649 Å². The molecule has 104 heavy (non-hydrogen) atoms. The Kier molecular flexibility index (Phi) is 41.9. The maximum absolute atomic E-state index is 12.3. The summed E-state index contributed by atoms with van der Waals surface area (Å²) < 4.78 is 26.7. The molecule has 596 valence electrons. The van der Waals surface area contributed by atoms with Gasteiger partial charge in [0.15, 0.2) is 0 Å². The number of hydrogen-bond donors (Lipinski definition) is 5. The van der Waals surface area contributed by atoms with E-state index in [0.29, 0.717) is 79.1 Å². The van der Waals surface area contributed by atoms with Crippen LogP contribution < -0.4 is 5.32 Å². The first-order chi connectivity index (χ1) is 47.7. The van der Waals surface area contributed by atoms with Crippen molar-refractivity contribution in [2.75, 3.05) is 91.8 Å². The summed E-state index contributed by atoms with van der Waals surface area (Å²) in [5, 5.41) is 35.6. The van der Waals surface area contributed by atoms with Crippen LogP contribution >= 0.6 is 24.0 Å². The zero-order valence-corrected chi connectivity index (χ0v) is 70.0. The predicted molar refractivity (Wildman–Crippen MR) is 407 cm³/mol. The molecule has 0 unspecified atom stereocenters. The maximum Gasteiger partial charge on any atom is 0.410 e. The fourth-order valence-electron chi connectivity index (χ4n) is 14.8. The molecule has 3 spiro atoms. The third-order valence-corrected chi connectivity index (χ3v) is 19.4. The Morgan fingerprint density at radius 3 is 1.06 bits per heavy atom. The van der Waals surface area contributed by atoms with Crippen LogP contribution in [0.3, 0.4) is 0 Å². The molecular formula is C76H136Cl2N12O13Ti. The van der Waals surface area contributed by atoms with Crippen LogP contribution in [0.4, 0.5) is 19.2 Å². The van der Waals surface area contributed by atoms with E-state index in [9.17, 15) is 24.0 Å². The number of aliphatic hydroxyl groups is 4. The van der Waals surface area contributed by atoms with Crippen molar-refractivity contribution in [1.29, 1.82) is 0 Å². The third kappa shape index (κ3) is 33.6. The van der Waals surface area contributed by atoms with Gasteiger partial charge in [0.25, 0.3) is 0 Å². The van der Waals surface area contributed by atoms with Crippen LogP contribution in [-0.2, 0) is 66.6 Å². The van der Waals surface area contributed by atoms with Crippen molar-refractivity contribution in [3.63, 3.8) is 0 Å². The number of nitrogens with one attached hydrogen (secondary N) is 1. The normalized spacial score (nSPS) is 22.8. The number of aliphatic hydroxyl groups excluding tert-OH is 4. The molecule has 9 fully saturated rings. The van der Waals surface area contributed by atoms with Gasteiger partial charge in [-0.05, 0) is 244 Å². The molecule has 6 aliphatic heterocycles. The quantitative estimate of drug-likeness (QED) is 0.0834. The van der Waals surface area contributed by atoms with Crippen molar-refractivity contribution in [3.8, 4) is 0 Å².